The molecule has 0 unspecified atom stereocenters. The average Bonchev–Trinajstić information content (AvgIpc) is 2.23. The van der Waals surface area contributed by atoms with Gasteiger partial charge in [-0.3, -0.25) is 9.79 Å². The van der Waals surface area contributed by atoms with Gasteiger partial charge in [-0.2, -0.15) is 0 Å². The fraction of sp³-hybridized carbons (Fsp3) is 0.333. The SMILES string of the molecule is CC1(C)N=C(c2ccccc2)SCC1=O. The maximum absolute atomic E-state index is 11.6. The summed E-state index contributed by atoms with van der Waals surface area (Å²) >= 11 is 1.53. The summed E-state index contributed by atoms with van der Waals surface area (Å²) in [4.78, 5) is 16.1. The normalized spacial score (nSPS) is 19.9. The summed E-state index contributed by atoms with van der Waals surface area (Å²) in [6, 6.07) is 10.0. The van der Waals surface area contributed by atoms with Gasteiger partial charge in [-0.15, -0.1) is 0 Å². The number of aliphatic imine (C=N–C) groups is 1. The van der Waals surface area contributed by atoms with Crippen LogP contribution in [-0.2, 0) is 4.79 Å². The van der Waals surface area contributed by atoms with E-state index in [1.165, 1.54) is 11.8 Å². The zero-order valence-corrected chi connectivity index (χ0v) is 9.67. The Kier molecular flexibility index (Phi) is 2.65. The van der Waals surface area contributed by atoms with Crippen LogP contribution in [0.1, 0.15) is 19.4 Å². The van der Waals surface area contributed by atoms with Crippen molar-refractivity contribution < 1.29 is 4.79 Å². The van der Waals surface area contributed by atoms with Crippen LogP contribution in [0.3, 0.4) is 0 Å². The Morgan fingerprint density at radius 2 is 1.93 bits per heavy atom. The van der Waals surface area contributed by atoms with E-state index in [0.29, 0.717) is 5.75 Å². The van der Waals surface area contributed by atoms with E-state index in [4.69, 9.17) is 0 Å². The van der Waals surface area contributed by atoms with Gasteiger partial charge in [0.15, 0.2) is 5.78 Å². The molecule has 1 aromatic rings. The third-order valence-electron chi connectivity index (χ3n) is 2.42. The molecule has 0 saturated heterocycles. The lowest BCUT2D eigenvalue weighted by molar-refractivity contribution is -0.120. The lowest BCUT2D eigenvalue weighted by Crippen LogP contribution is -2.35. The zero-order valence-electron chi connectivity index (χ0n) is 8.86. The fourth-order valence-corrected chi connectivity index (χ4v) is 2.60. The Balaban J connectivity index is 2.37. The number of hydrogen-bond acceptors (Lipinski definition) is 3. The molecule has 0 N–H and O–H groups in total. The molecule has 2 nitrogen and oxygen atoms in total. The monoisotopic (exact) mass is 219 g/mol. The largest absolute Gasteiger partial charge is 0.296 e. The van der Waals surface area contributed by atoms with Crippen molar-refractivity contribution >= 4 is 22.6 Å². The summed E-state index contributed by atoms with van der Waals surface area (Å²) < 4.78 is 0. The fourth-order valence-electron chi connectivity index (χ4n) is 1.39. The molecule has 1 aliphatic rings. The lowest BCUT2D eigenvalue weighted by atomic mass is 10.0. The predicted molar refractivity (Wildman–Crippen MR) is 64.5 cm³/mol. The van der Waals surface area contributed by atoms with Gasteiger partial charge in [0.25, 0.3) is 0 Å². The van der Waals surface area contributed by atoms with Gasteiger partial charge in [0, 0.05) is 5.56 Å². The topological polar surface area (TPSA) is 29.4 Å². The van der Waals surface area contributed by atoms with Gasteiger partial charge in [-0.05, 0) is 13.8 Å². The number of benzene rings is 1. The highest BCUT2D eigenvalue weighted by Crippen LogP contribution is 2.26. The van der Waals surface area contributed by atoms with Crippen molar-refractivity contribution in [1.29, 1.82) is 0 Å². The van der Waals surface area contributed by atoms with Crippen LogP contribution < -0.4 is 0 Å². The number of ketones is 1. The molecule has 1 aromatic carbocycles. The predicted octanol–water partition coefficient (Wildman–Crippen LogP) is 2.53. The highest BCUT2D eigenvalue weighted by molar-refractivity contribution is 8.15. The van der Waals surface area contributed by atoms with E-state index in [2.05, 4.69) is 4.99 Å². The molecule has 3 heteroatoms. The quantitative estimate of drug-likeness (QED) is 0.726. The second-order valence-corrected chi connectivity index (χ2v) is 5.02. The average molecular weight is 219 g/mol. The molecule has 0 spiro atoms. The van der Waals surface area contributed by atoms with Crippen LogP contribution in [0.15, 0.2) is 35.3 Å². The molecule has 0 amide bonds. The third kappa shape index (κ3) is 2.12. The molecule has 0 aromatic heterocycles. The Morgan fingerprint density at radius 3 is 2.53 bits per heavy atom. The van der Waals surface area contributed by atoms with Crippen molar-refractivity contribution in [2.24, 2.45) is 4.99 Å². The van der Waals surface area contributed by atoms with Gasteiger partial charge in [-0.25, -0.2) is 0 Å². The van der Waals surface area contributed by atoms with E-state index in [9.17, 15) is 4.79 Å². The van der Waals surface area contributed by atoms with Crippen molar-refractivity contribution in [3.8, 4) is 0 Å². The number of carbonyl (C=O) groups is 1. The second kappa shape index (κ2) is 3.81. The van der Waals surface area contributed by atoms with Gasteiger partial charge in [0.1, 0.15) is 5.54 Å². The summed E-state index contributed by atoms with van der Waals surface area (Å²) in [5.41, 5.74) is 0.541. The number of nitrogens with zero attached hydrogens (tertiary/aromatic N) is 1. The van der Waals surface area contributed by atoms with Crippen molar-refractivity contribution in [3.63, 3.8) is 0 Å². The van der Waals surface area contributed by atoms with Crippen LogP contribution >= 0.6 is 11.8 Å². The van der Waals surface area contributed by atoms with Gasteiger partial charge in [0.2, 0.25) is 0 Å². The van der Waals surface area contributed by atoms with Crippen molar-refractivity contribution in [2.45, 2.75) is 19.4 Å². The van der Waals surface area contributed by atoms with E-state index >= 15 is 0 Å². The highest BCUT2D eigenvalue weighted by Gasteiger charge is 2.31. The number of Topliss-reactive ketones (excluding diaryl/α,β-unsaturated/α-hetero) is 1. The first kappa shape index (κ1) is 10.4. The molecule has 0 bridgehead atoms. The van der Waals surface area contributed by atoms with Crippen molar-refractivity contribution in [3.05, 3.63) is 35.9 Å². The molecule has 1 heterocycles. The maximum Gasteiger partial charge on any atom is 0.170 e. The number of thioether (sulfide) groups is 1. The molecular formula is C12H13NOS. The maximum atomic E-state index is 11.6. The van der Waals surface area contributed by atoms with Gasteiger partial charge in [-0.1, -0.05) is 42.1 Å². The first-order valence-electron chi connectivity index (χ1n) is 4.91. The van der Waals surface area contributed by atoms with Gasteiger partial charge < -0.3 is 0 Å². The molecule has 0 saturated carbocycles. The molecule has 78 valence electrons. The molecule has 0 fully saturated rings. The first-order chi connectivity index (χ1) is 7.09. The molecule has 1 aliphatic heterocycles. The molecule has 2 rings (SSSR count). The Bertz CT molecular complexity index is 409. The summed E-state index contributed by atoms with van der Waals surface area (Å²) in [5, 5.41) is 0.972. The highest BCUT2D eigenvalue weighted by atomic mass is 32.2. The van der Waals surface area contributed by atoms with E-state index in [1.807, 2.05) is 44.2 Å². The van der Waals surface area contributed by atoms with Crippen LogP contribution in [0.5, 0.6) is 0 Å². The Labute approximate surface area is 93.8 Å². The standard InChI is InChI=1S/C12H13NOS/c1-12(2)10(14)8-15-11(13-12)9-6-4-3-5-7-9/h3-7H,8H2,1-2H3. The van der Waals surface area contributed by atoms with Crippen molar-refractivity contribution in [2.75, 3.05) is 5.75 Å². The van der Waals surface area contributed by atoms with Gasteiger partial charge >= 0.3 is 0 Å². The van der Waals surface area contributed by atoms with Crippen LogP contribution in [0, 0.1) is 0 Å². The van der Waals surface area contributed by atoms with Gasteiger partial charge in [0.05, 0.1) is 10.8 Å². The van der Waals surface area contributed by atoms with Crippen LogP contribution in [0.4, 0.5) is 0 Å². The van der Waals surface area contributed by atoms with E-state index in [0.717, 1.165) is 10.6 Å². The molecule has 15 heavy (non-hydrogen) atoms. The Morgan fingerprint density at radius 1 is 1.27 bits per heavy atom. The minimum absolute atomic E-state index is 0.201. The zero-order chi connectivity index (χ0) is 10.9. The minimum Gasteiger partial charge on any atom is -0.296 e. The molecule has 0 aliphatic carbocycles. The lowest BCUT2D eigenvalue weighted by Gasteiger charge is -2.24. The van der Waals surface area contributed by atoms with Crippen molar-refractivity contribution in [1.82, 2.24) is 0 Å². The minimum atomic E-state index is -0.559. The van der Waals surface area contributed by atoms with Crippen LogP contribution in [0.2, 0.25) is 0 Å². The molecular weight excluding hydrogens is 206 g/mol. The second-order valence-electron chi connectivity index (χ2n) is 4.05. The first-order valence-corrected chi connectivity index (χ1v) is 5.89. The van der Waals surface area contributed by atoms with E-state index in [-0.39, 0.29) is 5.78 Å². The molecule has 0 atom stereocenters. The number of hydrogen-bond donors (Lipinski definition) is 0. The smallest absolute Gasteiger partial charge is 0.170 e. The summed E-state index contributed by atoms with van der Waals surface area (Å²) in [6.07, 6.45) is 0. The van der Waals surface area contributed by atoms with E-state index < -0.39 is 5.54 Å². The summed E-state index contributed by atoms with van der Waals surface area (Å²) in [7, 11) is 0. The third-order valence-corrected chi connectivity index (χ3v) is 3.43. The summed E-state index contributed by atoms with van der Waals surface area (Å²) in [6.45, 7) is 3.75. The Hall–Kier alpha value is -1.09. The molecule has 0 radical (unpaired) electrons. The number of carbonyl (C=O) groups excluding carboxylic acids is 1. The van der Waals surface area contributed by atoms with E-state index in [1.54, 1.807) is 0 Å². The van der Waals surface area contributed by atoms with Crippen LogP contribution in [-0.4, -0.2) is 22.1 Å². The van der Waals surface area contributed by atoms with Crippen LogP contribution in [0.25, 0.3) is 0 Å². The number of rotatable bonds is 1. The summed E-state index contributed by atoms with van der Waals surface area (Å²) in [5.74, 6) is 0.730.